The smallest absolute Gasteiger partial charge is 0.256 e. The van der Waals surface area contributed by atoms with Crippen molar-refractivity contribution in [2.75, 3.05) is 24.2 Å². The SMILES string of the molecule is CCN(CC)S(=O)(=O)c1ccc(Cl)c(NC(=O)CSc2nnc3nc(C)cc(C)n23)c1. The van der Waals surface area contributed by atoms with Gasteiger partial charge in [-0.05, 0) is 38.1 Å². The van der Waals surface area contributed by atoms with Gasteiger partial charge in [0, 0.05) is 24.5 Å². The van der Waals surface area contributed by atoms with E-state index >= 15 is 0 Å². The molecule has 166 valence electrons. The third kappa shape index (κ3) is 5.00. The van der Waals surface area contributed by atoms with E-state index in [9.17, 15) is 13.2 Å². The summed E-state index contributed by atoms with van der Waals surface area (Å²) in [5.74, 6) is 0.161. The molecule has 0 aliphatic heterocycles. The highest BCUT2D eigenvalue weighted by Gasteiger charge is 2.23. The van der Waals surface area contributed by atoms with Crippen LogP contribution in [0.15, 0.2) is 34.3 Å². The van der Waals surface area contributed by atoms with Crippen molar-refractivity contribution in [1.29, 1.82) is 0 Å². The first kappa shape index (κ1) is 23.5. The molecule has 9 nitrogen and oxygen atoms in total. The van der Waals surface area contributed by atoms with Crippen molar-refractivity contribution in [3.05, 3.63) is 40.7 Å². The van der Waals surface area contributed by atoms with Gasteiger partial charge in [0.15, 0.2) is 5.16 Å². The number of anilines is 1. The molecule has 31 heavy (non-hydrogen) atoms. The Labute approximate surface area is 190 Å². The molecule has 0 saturated heterocycles. The van der Waals surface area contributed by atoms with Gasteiger partial charge in [-0.15, -0.1) is 10.2 Å². The van der Waals surface area contributed by atoms with Crippen LogP contribution in [0.2, 0.25) is 5.02 Å². The highest BCUT2D eigenvalue weighted by Crippen LogP contribution is 2.27. The molecule has 2 aromatic heterocycles. The van der Waals surface area contributed by atoms with Crippen LogP contribution in [0, 0.1) is 13.8 Å². The lowest BCUT2D eigenvalue weighted by Gasteiger charge is -2.19. The molecular weight excluding hydrogens is 460 g/mol. The number of hydrogen-bond acceptors (Lipinski definition) is 7. The van der Waals surface area contributed by atoms with Crippen molar-refractivity contribution in [2.45, 2.75) is 37.7 Å². The highest BCUT2D eigenvalue weighted by atomic mass is 35.5. The molecule has 3 aromatic rings. The number of carbonyl (C=O) groups excluding carboxylic acids is 1. The van der Waals surface area contributed by atoms with Crippen LogP contribution in [0.4, 0.5) is 5.69 Å². The van der Waals surface area contributed by atoms with Gasteiger partial charge in [0.05, 0.1) is 21.4 Å². The van der Waals surface area contributed by atoms with Crippen LogP contribution in [0.3, 0.4) is 0 Å². The Morgan fingerprint density at radius 2 is 1.90 bits per heavy atom. The Morgan fingerprint density at radius 1 is 1.19 bits per heavy atom. The van der Waals surface area contributed by atoms with E-state index in [1.54, 1.807) is 18.2 Å². The molecule has 0 spiro atoms. The molecule has 1 amide bonds. The van der Waals surface area contributed by atoms with E-state index in [2.05, 4.69) is 20.5 Å². The minimum atomic E-state index is -3.67. The summed E-state index contributed by atoms with van der Waals surface area (Å²) in [6.07, 6.45) is 0. The van der Waals surface area contributed by atoms with Gasteiger partial charge < -0.3 is 5.32 Å². The average Bonchev–Trinajstić information content (AvgIpc) is 3.11. The standard InChI is InChI=1S/C19H23ClN6O3S2/c1-5-25(6-2)31(28,29)14-7-8-15(20)16(10-14)22-17(27)11-30-19-24-23-18-21-12(3)9-13(4)26(18)19/h7-10H,5-6,11H2,1-4H3,(H,22,27). The van der Waals surface area contributed by atoms with Crippen LogP contribution in [0.1, 0.15) is 25.2 Å². The first-order valence-corrected chi connectivity index (χ1v) is 12.4. The topological polar surface area (TPSA) is 110 Å². The second kappa shape index (κ2) is 9.51. The lowest BCUT2D eigenvalue weighted by molar-refractivity contribution is -0.113. The third-order valence-electron chi connectivity index (χ3n) is 4.55. The van der Waals surface area contributed by atoms with Gasteiger partial charge in [-0.1, -0.05) is 37.2 Å². The van der Waals surface area contributed by atoms with Crippen LogP contribution in [-0.4, -0.2) is 57.1 Å². The van der Waals surface area contributed by atoms with Gasteiger partial charge in [-0.25, -0.2) is 13.4 Å². The van der Waals surface area contributed by atoms with Gasteiger partial charge in [0.1, 0.15) is 0 Å². The Hall–Kier alpha value is -2.21. The molecule has 12 heteroatoms. The molecule has 0 unspecified atom stereocenters. The molecule has 1 N–H and O–H groups in total. The Balaban J connectivity index is 1.75. The van der Waals surface area contributed by atoms with Crippen molar-refractivity contribution in [3.63, 3.8) is 0 Å². The molecular formula is C19H23ClN6O3S2. The van der Waals surface area contributed by atoms with Crippen LogP contribution < -0.4 is 5.32 Å². The monoisotopic (exact) mass is 482 g/mol. The summed E-state index contributed by atoms with van der Waals surface area (Å²) in [7, 11) is -3.67. The van der Waals surface area contributed by atoms with Crippen LogP contribution >= 0.6 is 23.4 Å². The summed E-state index contributed by atoms with van der Waals surface area (Å²) < 4.78 is 28.6. The summed E-state index contributed by atoms with van der Waals surface area (Å²) >= 11 is 7.39. The minimum absolute atomic E-state index is 0.0391. The number of aryl methyl sites for hydroxylation is 2. The largest absolute Gasteiger partial charge is 0.324 e. The quantitative estimate of drug-likeness (QED) is 0.491. The molecule has 0 aliphatic rings. The van der Waals surface area contributed by atoms with E-state index in [1.165, 1.54) is 34.3 Å². The molecule has 3 rings (SSSR count). The van der Waals surface area contributed by atoms with Gasteiger partial charge in [0.2, 0.25) is 15.9 Å². The van der Waals surface area contributed by atoms with E-state index in [0.29, 0.717) is 24.0 Å². The fraction of sp³-hybridized carbons (Fsp3) is 0.368. The second-order valence-corrected chi connectivity index (χ2v) is 10.0. The maximum atomic E-state index is 12.7. The van der Waals surface area contributed by atoms with Gasteiger partial charge >= 0.3 is 0 Å². The number of aromatic nitrogens is 4. The van der Waals surface area contributed by atoms with E-state index < -0.39 is 10.0 Å². The molecule has 2 heterocycles. The average molecular weight is 483 g/mol. The summed E-state index contributed by atoms with van der Waals surface area (Å²) in [4.78, 5) is 16.9. The zero-order chi connectivity index (χ0) is 22.8. The fourth-order valence-corrected chi connectivity index (χ4v) is 5.52. The predicted molar refractivity (Wildman–Crippen MR) is 121 cm³/mol. The van der Waals surface area contributed by atoms with Crippen molar-refractivity contribution in [2.24, 2.45) is 0 Å². The van der Waals surface area contributed by atoms with Crippen molar-refractivity contribution in [3.8, 4) is 0 Å². The summed E-state index contributed by atoms with van der Waals surface area (Å²) in [6, 6.07) is 6.18. The van der Waals surface area contributed by atoms with Crippen molar-refractivity contribution in [1.82, 2.24) is 23.9 Å². The lowest BCUT2D eigenvalue weighted by atomic mass is 10.3. The lowest BCUT2D eigenvalue weighted by Crippen LogP contribution is -2.30. The molecule has 0 fully saturated rings. The fourth-order valence-electron chi connectivity index (χ4n) is 3.08. The first-order valence-electron chi connectivity index (χ1n) is 9.59. The van der Waals surface area contributed by atoms with E-state index in [-0.39, 0.29) is 27.3 Å². The molecule has 0 bridgehead atoms. The maximum Gasteiger partial charge on any atom is 0.256 e. The highest BCUT2D eigenvalue weighted by molar-refractivity contribution is 7.99. The predicted octanol–water partition coefficient (Wildman–Crippen LogP) is 3.16. The number of benzene rings is 1. The number of nitrogens with one attached hydrogen (secondary N) is 1. The maximum absolute atomic E-state index is 12.7. The number of thioether (sulfide) groups is 1. The molecule has 0 saturated carbocycles. The number of carbonyl (C=O) groups is 1. The number of amides is 1. The Kier molecular flexibility index (Phi) is 7.20. The summed E-state index contributed by atoms with van der Waals surface area (Å²) in [5.41, 5.74) is 1.98. The number of halogens is 1. The normalized spacial score (nSPS) is 11.9. The molecule has 1 aromatic carbocycles. The number of sulfonamides is 1. The Morgan fingerprint density at radius 3 is 2.58 bits per heavy atom. The number of fused-ring (bicyclic) bond motifs is 1. The third-order valence-corrected chi connectivity index (χ3v) is 7.85. The molecule has 0 radical (unpaired) electrons. The second-order valence-electron chi connectivity index (χ2n) is 6.72. The number of nitrogens with zero attached hydrogens (tertiary/aromatic N) is 5. The van der Waals surface area contributed by atoms with Gasteiger partial charge in [-0.3, -0.25) is 9.20 Å². The van der Waals surface area contributed by atoms with Gasteiger partial charge in [0.25, 0.3) is 5.78 Å². The minimum Gasteiger partial charge on any atom is -0.324 e. The van der Waals surface area contributed by atoms with Crippen LogP contribution in [0.25, 0.3) is 5.78 Å². The van der Waals surface area contributed by atoms with Crippen molar-refractivity contribution >= 4 is 50.8 Å². The van der Waals surface area contributed by atoms with Crippen LogP contribution in [-0.2, 0) is 14.8 Å². The summed E-state index contributed by atoms with van der Waals surface area (Å²) in [6.45, 7) is 8.02. The Bertz CT molecular complexity index is 1220. The zero-order valence-corrected chi connectivity index (χ0v) is 20.0. The van der Waals surface area contributed by atoms with Crippen molar-refractivity contribution < 1.29 is 13.2 Å². The van der Waals surface area contributed by atoms with Gasteiger partial charge in [-0.2, -0.15) is 4.31 Å². The molecule has 0 aliphatic carbocycles. The zero-order valence-electron chi connectivity index (χ0n) is 17.6. The number of rotatable bonds is 8. The summed E-state index contributed by atoms with van der Waals surface area (Å²) in [5, 5.41) is 11.6. The van der Waals surface area contributed by atoms with E-state index in [1.807, 2.05) is 19.9 Å². The molecule has 0 atom stereocenters. The van der Waals surface area contributed by atoms with Crippen LogP contribution in [0.5, 0.6) is 0 Å². The first-order chi connectivity index (χ1) is 14.7. The van der Waals surface area contributed by atoms with E-state index in [0.717, 1.165) is 11.4 Å². The number of hydrogen-bond donors (Lipinski definition) is 1. The van der Waals surface area contributed by atoms with E-state index in [4.69, 9.17) is 11.6 Å².